The molecule has 0 saturated heterocycles. The number of hydrogen-bond donors (Lipinski definition) is 2. The number of aryl methyl sites for hydroxylation is 1. The molecular formula is C15H19N5. The standard InChI is InChI=1S/C15H19N5/c1-11-10-13(14(16)17)19-15(18-11)20(2)9-8-12-6-4-3-5-7-12/h3-7,10H,8-9H2,1-2H3,(H3,16,17). The number of amidine groups is 1. The number of nitrogens with two attached hydrogens (primary N) is 1. The van der Waals surface area contributed by atoms with Gasteiger partial charge in [0.05, 0.1) is 0 Å². The van der Waals surface area contributed by atoms with Gasteiger partial charge in [0.2, 0.25) is 5.95 Å². The van der Waals surface area contributed by atoms with E-state index in [0.717, 1.165) is 18.7 Å². The number of likely N-dealkylation sites (N-methyl/N-ethyl adjacent to an activating group) is 1. The SMILES string of the molecule is Cc1cc(C(=N)N)nc(N(C)CCc2ccccc2)n1. The Morgan fingerprint density at radius 2 is 1.95 bits per heavy atom. The molecule has 0 fully saturated rings. The number of aromatic nitrogens is 2. The maximum absolute atomic E-state index is 7.48. The van der Waals surface area contributed by atoms with Crippen LogP contribution in [0.2, 0.25) is 0 Å². The molecule has 0 saturated carbocycles. The second-order valence-electron chi connectivity index (χ2n) is 4.77. The van der Waals surface area contributed by atoms with Crippen molar-refractivity contribution in [2.24, 2.45) is 5.73 Å². The molecule has 3 N–H and O–H groups in total. The summed E-state index contributed by atoms with van der Waals surface area (Å²) in [5.74, 6) is 0.569. The highest BCUT2D eigenvalue weighted by molar-refractivity contribution is 5.93. The fraction of sp³-hybridized carbons (Fsp3) is 0.267. The first-order chi connectivity index (χ1) is 9.56. The highest BCUT2D eigenvalue weighted by Gasteiger charge is 2.09. The van der Waals surface area contributed by atoms with E-state index >= 15 is 0 Å². The Morgan fingerprint density at radius 1 is 1.25 bits per heavy atom. The predicted octanol–water partition coefficient (Wildman–Crippen LogP) is 1.75. The van der Waals surface area contributed by atoms with E-state index in [-0.39, 0.29) is 5.84 Å². The Kier molecular flexibility index (Phi) is 4.30. The highest BCUT2D eigenvalue weighted by Crippen LogP contribution is 2.10. The first kappa shape index (κ1) is 14.0. The number of nitrogens with one attached hydrogen (secondary N) is 1. The first-order valence-electron chi connectivity index (χ1n) is 6.51. The topological polar surface area (TPSA) is 78.9 Å². The minimum atomic E-state index is -0.0341. The molecule has 0 aliphatic heterocycles. The van der Waals surface area contributed by atoms with E-state index in [4.69, 9.17) is 11.1 Å². The third-order valence-electron chi connectivity index (χ3n) is 3.04. The van der Waals surface area contributed by atoms with Gasteiger partial charge in [0.1, 0.15) is 11.5 Å². The van der Waals surface area contributed by atoms with Crippen LogP contribution in [-0.4, -0.2) is 29.4 Å². The van der Waals surface area contributed by atoms with Crippen LogP contribution in [0.3, 0.4) is 0 Å². The number of nitrogens with zero attached hydrogens (tertiary/aromatic N) is 3. The van der Waals surface area contributed by atoms with Crippen LogP contribution in [0.4, 0.5) is 5.95 Å². The van der Waals surface area contributed by atoms with Crippen LogP contribution in [0.1, 0.15) is 17.0 Å². The van der Waals surface area contributed by atoms with E-state index < -0.39 is 0 Å². The zero-order valence-electron chi connectivity index (χ0n) is 11.8. The van der Waals surface area contributed by atoms with Crippen LogP contribution < -0.4 is 10.6 Å². The molecule has 0 amide bonds. The van der Waals surface area contributed by atoms with Gasteiger partial charge in [-0.15, -0.1) is 0 Å². The normalized spacial score (nSPS) is 10.3. The average Bonchev–Trinajstić information content (AvgIpc) is 2.45. The fourth-order valence-corrected chi connectivity index (χ4v) is 1.90. The molecule has 0 bridgehead atoms. The molecule has 0 unspecified atom stereocenters. The van der Waals surface area contributed by atoms with Gasteiger partial charge in [-0.05, 0) is 25.0 Å². The highest BCUT2D eigenvalue weighted by atomic mass is 15.2. The number of nitrogen functional groups attached to an aromatic ring is 1. The van der Waals surface area contributed by atoms with Gasteiger partial charge in [-0.3, -0.25) is 5.41 Å². The average molecular weight is 269 g/mol. The van der Waals surface area contributed by atoms with E-state index in [1.807, 2.05) is 37.1 Å². The van der Waals surface area contributed by atoms with Gasteiger partial charge in [0.25, 0.3) is 0 Å². The second-order valence-corrected chi connectivity index (χ2v) is 4.77. The van der Waals surface area contributed by atoms with E-state index in [2.05, 4.69) is 22.1 Å². The molecule has 104 valence electrons. The summed E-state index contributed by atoms with van der Waals surface area (Å²) in [6.45, 7) is 2.69. The molecule has 0 spiro atoms. The van der Waals surface area contributed by atoms with E-state index in [0.29, 0.717) is 11.6 Å². The van der Waals surface area contributed by atoms with Crippen molar-refractivity contribution >= 4 is 11.8 Å². The second kappa shape index (κ2) is 6.14. The van der Waals surface area contributed by atoms with Gasteiger partial charge >= 0.3 is 0 Å². The van der Waals surface area contributed by atoms with Gasteiger partial charge in [0.15, 0.2) is 0 Å². The van der Waals surface area contributed by atoms with Crippen LogP contribution in [0.5, 0.6) is 0 Å². The van der Waals surface area contributed by atoms with E-state index in [1.54, 1.807) is 6.07 Å². The monoisotopic (exact) mass is 269 g/mol. The quantitative estimate of drug-likeness (QED) is 0.640. The summed E-state index contributed by atoms with van der Waals surface area (Å²) in [4.78, 5) is 10.7. The Bertz CT molecular complexity index is 594. The number of hydrogen-bond acceptors (Lipinski definition) is 4. The molecule has 0 radical (unpaired) electrons. The summed E-state index contributed by atoms with van der Waals surface area (Å²) < 4.78 is 0. The van der Waals surface area contributed by atoms with Crippen LogP contribution >= 0.6 is 0 Å². The van der Waals surface area contributed by atoms with E-state index in [9.17, 15) is 0 Å². The van der Waals surface area contributed by atoms with Crippen molar-refractivity contribution in [2.45, 2.75) is 13.3 Å². The molecule has 5 nitrogen and oxygen atoms in total. The van der Waals surface area contributed by atoms with Crippen LogP contribution in [0, 0.1) is 12.3 Å². The van der Waals surface area contributed by atoms with Gasteiger partial charge in [0, 0.05) is 19.3 Å². The van der Waals surface area contributed by atoms with Gasteiger partial charge < -0.3 is 10.6 Å². The maximum atomic E-state index is 7.48. The third kappa shape index (κ3) is 3.54. The predicted molar refractivity (Wildman–Crippen MR) is 81.2 cm³/mol. The summed E-state index contributed by atoms with van der Waals surface area (Å²) in [7, 11) is 1.95. The molecule has 0 aliphatic carbocycles. The molecule has 0 atom stereocenters. The van der Waals surface area contributed by atoms with Crippen molar-refractivity contribution in [2.75, 3.05) is 18.5 Å². The summed E-state index contributed by atoms with van der Waals surface area (Å²) >= 11 is 0. The minimum absolute atomic E-state index is 0.0341. The van der Waals surface area contributed by atoms with Gasteiger partial charge in [-0.2, -0.15) is 0 Å². The summed E-state index contributed by atoms with van der Waals surface area (Å²) in [6.07, 6.45) is 0.921. The molecule has 2 aromatic rings. The maximum Gasteiger partial charge on any atom is 0.225 e. The molecule has 1 aromatic carbocycles. The van der Waals surface area contributed by atoms with E-state index in [1.165, 1.54) is 5.56 Å². The summed E-state index contributed by atoms with van der Waals surface area (Å²) in [5, 5.41) is 7.48. The van der Waals surface area contributed by atoms with Crippen LogP contribution in [0.15, 0.2) is 36.4 Å². The third-order valence-corrected chi connectivity index (χ3v) is 3.04. The number of benzene rings is 1. The lowest BCUT2D eigenvalue weighted by Gasteiger charge is -2.18. The Balaban J connectivity index is 2.09. The summed E-state index contributed by atoms with van der Waals surface area (Å²) in [5.41, 5.74) is 8.05. The smallest absolute Gasteiger partial charge is 0.225 e. The van der Waals surface area contributed by atoms with Crippen molar-refractivity contribution in [1.82, 2.24) is 9.97 Å². The van der Waals surface area contributed by atoms with Crippen molar-refractivity contribution in [3.05, 3.63) is 53.3 Å². The fourth-order valence-electron chi connectivity index (χ4n) is 1.90. The summed E-state index contributed by atoms with van der Waals surface area (Å²) in [6, 6.07) is 12.0. The molecule has 20 heavy (non-hydrogen) atoms. The molecule has 1 heterocycles. The van der Waals surface area contributed by atoms with Crippen LogP contribution in [0.25, 0.3) is 0 Å². The molecule has 0 aliphatic rings. The van der Waals surface area contributed by atoms with Crippen molar-refractivity contribution in [3.63, 3.8) is 0 Å². The number of anilines is 1. The number of rotatable bonds is 5. The minimum Gasteiger partial charge on any atom is -0.382 e. The molecular weight excluding hydrogens is 250 g/mol. The molecule has 1 aromatic heterocycles. The van der Waals surface area contributed by atoms with Gasteiger partial charge in [-0.1, -0.05) is 30.3 Å². The lowest BCUT2D eigenvalue weighted by molar-refractivity contribution is 0.831. The Labute approximate surface area is 119 Å². The zero-order chi connectivity index (χ0) is 14.5. The Morgan fingerprint density at radius 3 is 2.60 bits per heavy atom. The Hall–Kier alpha value is -2.43. The van der Waals surface area contributed by atoms with Crippen molar-refractivity contribution < 1.29 is 0 Å². The first-order valence-corrected chi connectivity index (χ1v) is 6.51. The van der Waals surface area contributed by atoms with Crippen LogP contribution in [-0.2, 0) is 6.42 Å². The van der Waals surface area contributed by atoms with Crippen molar-refractivity contribution in [1.29, 1.82) is 5.41 Å². The van der Waals surface area contributed by atoms with Crippen molar-refractivity contribution in [3.8, 4) is 0 Å². The lowest BCUT2D eigenvalue weighted by Crippen LogP contribution is -2.24. The molecule has 5 heteroatoms. The largest absolute Gasteiger partial charge is 0.382 e. The zero-order valence-corrected chi connectivity index (χ0v) is 11.8. The van der Waals surface area contributed by atoms with Gasteiger partial charge in [-0.25, -0.2) is 9.97 Å². The lowest BCUT2D eigenvalue weighted by atomic mass is 10.1. The molecule has 2 rings (SSSR count).